The normalized spacial score (nSPS) is 10.5. The van der Waals surface area contributed by atoms with Crippen molar-refractivity contribution in [3.63, 3.8) is 0 Å². The number of carbonyl (C=O) groups excluding carboxylic acids is 3. The number of rotatable bonds is 7. The lowest BCUT2D eigenvalue weighted by Crippen LogP contribution is -2.21. The first-order chi connectivity index (χ1) is 13.5. The number of ether oxygens (including phenoxy) is 2. The average Bonchev–Trinajstić information content (AvgIpc) is 3.13. The third-order valence-electron chi connectivity index (χ3n) is 3.65. The number of esters is 2. The largest absolute Gasteiger partial charge is 0.465 e. The third-order valence-corrected chi connectivity index (χ3v) is 4.50. The maximum absolute atomic E-state index is 11.9. The fourth-order valence-electron chi connectivity index (χ4n) is 2.32. The van der Waals surface area contributed by atoms with E-state index in [2.05, 4.69) is 20.0 Å². The van der Waals surface area contributed by atoms with E-state index in [1.54, 1.807) is 12.1 Å². The van der Waals surface area contributed by atoms with E-state index in [0.29, 0.717) is 16.4 Å². The maximum Gasteiger partial charge on any atom is 0.337 e. The molecule has 1 aromatic heterocycles. The predicted molar refractivity (Wildman–Crippen MR) is 104 cm³/mol. The van der Waals surface area contributed by atoms with E-state index in [1.807, 2.05) is 24.3 Å². The van der Waals surface area contributed by atoms with Crippen LogP contribution in [0.5, 0.6) is 0 Å². The second kappa shape index (κ2) is 9.05. The van der Waals surface area contributed by atoms with Crippen molar-refractivity contribution in [1.29, 1.82) is 0 Å². The van der Waals surface area contributed by atoms with Crippen LogP contribution >= 0.6 is 11.8 Å². The monoisotopic (exact) mass is 399 g/mol. The highest BCUT2D eigenvalue weighted by atomic mass is 32.2. The fourth-order valence-corrected chi connectivity index (χ4v) is 3.00. The summed E-state index contributed by atoms with van der Waals surface area (Å²) in [4.78, 5) is 42.5. The van der Waals surface area contributed by atoms with Gasteiger partial charge in [0.2, 0.25) is 0 Å². The van der Waals surface area contributed by atoms with Crippen LogP contribution in [-0.2, 0) is 19.1 Å². The van der Waals surface area contributed by atoms with Gasteiger partial charge in [-0.25, -0.2) is 9.78 Å². The summed E-state index contributed by atoms with van der Waals surface area (Å²) in [7, 11) is 1.29. The van der Waals surface area contributed by atoms with E-state index in [9.17, 15) is 14.4 Å². The van der Waals surface area contributed by atoms with Gasteiger partial charge in [0.05, 0.1) is 29.5 Å². The van der Waals surface area contributed by atoms with Crippen molar-refractivity contribution < 1.29 is 23.9 Å². The standard InChI is InChI=1S/C19H17N3O5S/c1-26-18(25)12-6-8-13(9-7-12)20-16(23)10-27-17(24)11-28-19-21-14-4-2-3-5-15(14)22-19/h2-9H,10-11H2,1H3,(H,20,23)(H,21,22). The van der Waals surface area contributed by atoms with Crippen LogP contribution in [-0.4, -0.2) is 47.3 Å². The molecule has 0 unspecified atom stereocenters. The molecule has 8 nitrogen and oxygen atoms in total. The first kappa shape index (κ1) is 19.4. The Kier molecular flexibility index (Phi) is 6.28. The van der Waals surface area contributed by atoms with E-state index in [1.165, 1.54) is 31.0 Å². The molecule has 0 radical (unpaired) electrons. The van der Waals surface area contributed by atoms with Crippen molar-refractivity contribution in [3.8, 4) is 0 Å². The Morgan fingerprint density at radius 2 is 1.86 bits per heavy atom. The molecule has 144 valence electrons. The third kappa shape index (κ3) is 5.10. The summed E-state index contributed by atoms with van der Waals surface area (Å²) >= 11 is 1.20. The molecule has 0 saturated carbocycles. The van der Waals surface area contributed by atoms with Gasteiger partial charge in [0.25, 0.3) is 5.91 Å². The first-order valence-corrected chi connectivity index (χ1v) is 9.25. The number of aromatic nitrogens is 2. The molecule has 3 rings (SSSR count). The number of carbonyl (C=O) groups is 3. The molecule has 2 aromatic carbocycles. The second-order valence-corrected chi connectivity index (χ2v) is 6.59. The Labute approximate surface area is 164 Å². The van der Waals surface area contributed by atoms with Gasteiger partial charge in [0.1, 0.15) is 0 Å². The van der Waals surface area contributed by atoms with Gasteiger partial charge in [-0.2, -0.15) is 0 Å². The summed E-state index contributed by atoms with van der Waals surface area (Å²) in [6.07, 6.45) is 0. The van der Waals surface area contributed by atoms with Gasteiger partial charge in [-0.15, -0.1) is 0 Å². The van der Waals surface area contributed by atoms with Crippen LogP contribution in [0.3, 0.4) is 0 Å². The minimum Gasteiger partial charge on any atom is -0.465 e. The lowest BCUT2D eigenvalue weighted by Gasteiger charge is -2.07. The number of methoxy groups -OCH3 is 1. The van der Waals surface area contributed by atoms with E-state index < -0.39 is 24.5 Å². The highest BCUT2D eigenvalue weighted by Crippen LogP contribution is 2.19. The molecule has 0 bridgehead atoms. The summed E-state index contributed by atoms with van der Waals surface area (Å²) in [5, 5.41) is 3.18. The summed E-state index contributed by atoms with van der Waals surface area (Å²) in [5.41, 5.74) is 2.55. The molecule has 3 aromatic rings. The zero-order chi connectivity index (χ0) is 19.9. The Morgan fingerprint density at radius 1 is 1.11 bits per heavy atom. The predicted octanol–water partition coefficient (Wildman–Crippen LogP) is 2.62. The highest BCUT2D eigenvalue weighted by Gasteiger charge is 2.11. The number of anilines is 1. The van der Waals surface area contributed by atoms with Crippen molar-refractivity contribution >= 4 is 46.3 Å². The van der Waals surface area contributed by atoms with Crippen molar-refractivity contribution in [2.75, 3.05) is 24.8 Å². The molecule has 0 aliphatic heterocycles. The smallest absolute Gasteiger partial charge is 0.337 e. The number of nitrogens with one attached hydrogen (secondary N) is 2. The van der Waals surface area contributed by atoms with Crippen molar-refractivity contribution in [2.24, 2.45) is 0 Å². The Morgan fingerprint density at radius 3 is 2.57 bits per heavy atom. The lowest BCUT2D eigenvalue weighted by molar-refractivity contribution is -0.144. The quantitative estimate of drug-likeness (QED) is 0.464. The Hall–Kier alpha value is -3.33. The topological polar surface area (TPSA) is 110 Å². The maximum atomic E-state index is 11.9. The van der Waals surface area contributed by atoms with E-state index >= 15 is 0 Å². The number of nitrogens with zero attached hydrogens (tertiary/aromatic N) is 1. The molecule has 28 heavy (non-hydrogen) atoms. The van der Waals surface area contributed by atoms with Crippen LogP contribution in [0.25, 0.3) is 11.0 Å². The molecule has 0 aliphatic rings. The Balaban J connectivity index is 1.42. The Bertz CT molecular complexity index is 967. The number of thioether (sulfide) groups is 1. The zero-order valence-corrected chi connectivity index (χ0v) is 15.7. The second-order valence-electron chi connectivity index (χ2n) is 5.63. The molecular formula is C19H17N3O5S. The number of amides is 1. The number of aromatic amines is 1. The van der Waals surface area contributed by atoms with Gasteiger partial charge in [0, 0.05) is 5.69 Å². The minimum atomic E-state index is -0.526. The van der Waals surface area contributed by atoms with Gasteiger partial charge in [-0.1, -0.05) is 23.9 Å². The van der Waals surface area contributed by atoms with Crippen LogP contribution in [0.4, 0.5) is 5.69 Å². The van der Waals surface area contributed by atoms with Crippen molar-refractivity contribution in [1.82, 2.24) is 9.97 Å². The molecule has 0 saturated heterocycles. The molecule has 1 amide bonds. The van der Waals surface area contributed by atoms with E-state index in [0.717, 1.165) is 11.0 Å². The highest BCUT2D eigenvalue weighted by molar-refractivity contribution is 7.99. The number of hydrogen-bond donors (Lipinski definition) is 2. The number of hydrogen-bond acceptors (Lipinski definition) is 7. The molecular weight excluding hydrogens is 382 g/mol. The van der Waals surface area contributed by atoms with Gasteiger partial charge < -0.3 is 19.8 Å². The van der Waals surface area contributed by atoms with Crippen LogP contribution in [0.1, 0.15) is 10.4 Å². The number of imidazole rings is 1. The summed E-state index contributed by atoms with van der Waals surface area (Å²) in [6, 6.07) is 13.7. The van der Waals surface area contributed by atoms with Crippen LogP contribution in [0.2, 0.25) is 0 Å². The number of H-pyrrole nitrogens is 1. The number of para-hydroxylation sites is 2. The zero-order valence-electron chi connectivity index (χ0n) is 14.9. The molecule has 0 spiro atoms. The SMILES string of the molecule is COC(=O)c1ccc(NC(=O)COC(=O)CSc2nc3ccccc3[nH]2)cc1. The number of fused-ring (bicyclic) bond motifs is 1. The van der Waals surface area contributed by atoms with Crippen molar-refractivity contribution in [2.45, 2.75) is 5.16 Å². The molecule has 2 N–H and O–H groups in total. The van der Waals surface area contributed by atoms with Gasteiger partial charge in [-0.05, 0) is 36.4 Å². The number of benzene rings is 2. The van der Waals surface area contributed by atoms with Gasteiger partial charge >= 0.3 is 11.9 Å². The molecule has 0 atom stereocenters. The van der Waals surface area contributed by atoms with Gasteiger partial charge in [-0.3, -0.25) is 9.59 Å². The van der Waals surface area contributed by atoms with E-state index in [4.69, 9.17) is 4.74 Å². The minimum absolute atomic E-state index is 0.0287. The summed E-state index contributed by atoms with van der Waals surface area (Å²) < 4.78 is 9.57. The fraction of sp³-hybridized carbons (Fsp3) is 0.158. The molecule has 1 heterocycles. The van der Waals surface area contributed by atoms with Gasteiger partial charge in [0.15, 0.2) is 11.8 Å². The lowest BCUT2D eigenvalue weighted by atomic mass is 10.2. The summed E-state index contributed by atoms with van der Waals surface area (Å²) in [5.74, 6) is -1.44. The van der Waals surface area contributed by atoms with Crippen LogP contribution < -0.4 is 5.32 Å². The van der Waals surface area contributed by atoms with Crippen LogP contribution in [0, 0.1) is 0 Å². The first-order valence-electron chi connectivity index (χ1n) is 8.26. The molecule has 0 aliphatic carbocycles. The van der Waals surface area contributed by atoms with Crippen LogP contribution in [0.15, 0.2) is 53.7 Å². The molecule has 0 fully saturated rings. The van der Waals surface area contributed by atoms with Crippen molar-refractivity contribution in [3.05, 3.63) is 54.1 Å². The summed E-state index contributed by atoms with van der Waals surface area (Å²) in [6.45, 7) is -0.404. The average molecular weight is 399 g/mol. The van der Waals surface area contributed by atoms with E-state index in [-0.39, 0.29) is 5.75 Å². The molecule has 9 heteroatoms.